The number of amides is 1. The fourth-order valence-corrected chi connectivity index (χ4v) is 4.40. The molecule has 0 fully saturated rings. The Morgan fingerprint density at radius 2 is 1.84 bits per heavy atom. The second-order valence-corrected chi connectivity index (χ2v) is 10.3. The third kappa shape index (κ3) is 8.24. The maximum absolute atomic E-state index is 13.0. The van der Waals surface area contributed by atoms with E-state index in [1.54, 1.807) is 31.2 Å². The SMILES string of the molecule is CC[S+]([O-])NCC(NC(=O)Cn1nc(-c2ccc(Cl)cc2)n(CCC(F)(F)F)c1=O)c1ccccc1Cl. The number of carbonyl (C=O) groups is 1. The van der Waals surface area contributed by atoms with Crippen LogP contribution in [0.1, 0.15) is 24.9 Å². The molecule has 0 aliphatic rings. The van der Waals surface area contributed by atoms with Crippen molar-refractivity contribution < 1.29 is 22.5 Å². The van der Waals surface area contributed by atoms with Gasteiger partial charge < -0.3 is 9.87 Å². The second kappa shape index (κ2) is 12.8. The van der Waals surface area contributed by atoms with Crippen LogP contribution in [0.4, 0.5) is 13.2 Å². The Labute approximate surface area is 224 Å². The number of benzene rings is 2. The van der Waals surface area contributed by atoms with Crippen molar-refractivity contribution >= 4 is 40.5 Å². The largest absolute Gasteiger partial charge is 0.598 e. The van der Waals surface area contributed by atoms with Gasteiger partial charge in [0, 0.05) is 33.5 Å². The minimum Gasteiger partial charge on any atom is -0.598 e. The van der Waals surface area contributed by atoms with Crippen LogP contribution in [-0.4, -0.2) is 43.3 Å². The number of carbonyl (C=O) groups excluding carboxylic acids is 1. The first kappa shape index (κ1) is 29.1. The summed E-state index contributed by atoms with van der Waals surface area (Å²) in [5.41, 5.74) is 0.0508. The minimum atomic E-state index is -4.50. The van der Waals surface area contributed by atoms with Gasteiger partial charge in [-0.3, -0.25) is 9.36 Å². The molecule has 14 heteroatoms. The van der Waals surface area contributed by atoms with Crippen molar-refractivity contribution in [1.29, 1.82) is 0 Å². The Morgan fingerprint density at radius 3 is 2.46 bits per heavy atom. The van der Waals surface area contributed by atoms with Crippen molar-refractivity contribution in [3.05, 3.63) is 74.6 Å². The first-order valence-corrected chi connectivity index (χ1v) is 13.2. The van der Waals surface area contributed by atoms with E-state index < -0.39 is 54.7 Å². The Hall–Kier alpha value is -2.51. The Bertz CT molecular complexity index is 1270. The van der Waals surface area contributed by atoms with Crippen LogP contribution in [0.5, 0.6) is 0 Å². The van der Waals surface area contributed by atoms with Gasteiger partial charge in [-0.1, -0.05) is 41.4 Å². The highest BCUT2D eigenvalue weighted by Gasteiger charge is 2.29. The highest BCUT2D eigenvalue weighted by molar-refractivity contribution is 7.89. The van der Waals surface area contributed by atoms with Crippen LogP contribution in [0.25, 0.3) is 11.4 Å². The van der Waals surface area contributed by atoms with E-state index in [1.807, 2.05) is 0 Å². The van der Waals surface area contributed by atoms with E-state index in [4.69, 9.17) is 23.2 Å². The van der Waals surface area contributed by atoms with Crippen molar-refractivity contribution in [1.82, 2.24) is 24.4 Å². The van der Waals surface area contributed by atoms with Gasteiger partial charge in [-0.05, 0) is 42.8 Å². The smallest absolute Gasteiger partial charge is 0.390 e. The van der Waals surface area contributed by atoms with E-state index in [-0.39, 0.29) is 12.4 Å². The van der Waals surface area contributed by atoms with Gasteiger partial charge in [-0.25, -0.2) is 9.48 Å². The lowest BCUT2D eigenvalue weighted by Gasteiger charge is -2.21. The molecule has 0 saturated carbocycles. The summed E-state index contributed by atoms with van der Waals surface area (Å²) >= 11 is 10.9. The minimum absolute atomic E-state index is 0.0265. The Morgan fingerprint density at radius 1 is 1.16 bits per heavy atom. The zero-order chi connectivity index (χ0) is 27.2. The predicted molar refractivity (Wildman–Crippen MR) is 137 cm³/mol. The molecule has 1 aromatic heterocycles. The maximum Gasteiger partial charge on any atom is 0.390 e. The molecule has 0 aliphatic carbocycles. The summed E-state index contributed by atoms with van der Waals surface area (Å²) in [5.74, 6) is -0.317. The number of nitrogens with one attached hydrogen (secondary N) is 2. The first-order chi connectivity index (χ1) is 17.5. The molecule has 0 aliphatic heterocycles. The molecule has 0 spiro atoms. The standard InChI is InChI=1S/C23H24Cl2F3N5O3S/c1-2-37(36)29-13-19(17-5-3-4-6-18(17)25)30-20(34)14-33-22(35)32(12-11-23(26,27)28)21(31-33)15-7-9-16(24)10-8-15/h3-10,19,29H,2,11-14H2,1H3,(H,30,34). The van der Waals surface area contributed by atoms with Crippen molar-refractivity contribution in [2.45, 2.75) is 38.7 Å². The Kier molecular flexibility index (Phi) is 10.1. The average Bonchev–Trinajstić information content (AvgIpc) is 3.15. The molecule has 3 aromatic rings. The van der Waals surface area contributed by atoms with Gasteiger partial charge in [0.1, 0.15) is 12.3 Å². The molecule has 2 atom stereocenters. The van der Waals surface area contributed by atoms with E-state index in [9.17, 15) is 27.3 Å². The molecule has 2 N–H and O–H groups in total. The highest BCUT2D eigenvalue weighted by atomic mass is 35.5. The number of hydrogen-bond donors (Lipinski definition) is 2. The maximum atomic E-state index is 13.0. The van der Waals surface area contributed by atoms with E-state index in [1.165, 1.54) is 24.3 Å². The molecule has 1 heterocycles. The zero-order valence-corrected chi connectivity index (χ0v) is 21.9. The van der Waals surface area contributed by atoms with Crippen LogP contribution in [0.2, 0.25) is 10.0 Å². The number of halogens is 5. The van der Waals surface area contributed by atoms with E-state index >= 15 is 0 Å². The van der Waals surface area contributed by atoms with Crippen LogP contribution in [0, 0.1) is 0 Å². The van der Waals surface area contributed by atoms with Crippen LogP contribution in [-0.2, 0) is 29.2 Å². The van der Waals surface area contributed by atoms with Gasteiger partial charge >= 0.3 is 11.9 Å². The molecule has 0 saturated heterocycles. The Balaban J connectivity index is 1.87. The van der Waals surface area contributed by atoms with Crippen molar-refractivity contribution in [3.8, 4) is 11.4 Å². The van der Waals surface area contributed by atoms with Crippen molar-refractivity contribution in [3.63, 3.8) is 0 Å². The van der Waals surface area contributed by atoms with Gasteiger partial charge in [-0.15, -0.1) is 9.82 Å². The van der Waals surface area contributed by atoms with E-state index in [2.05, 4.69) is 15.1 Å². The van der Waals surface area contributed by atoms with Crippen LogP contribution in [0.15, 0.2) is 53.3 Å². The average molecular weight is 578 g/mol. The van der Waals surface area contributed by atoms with Gasteiger partial charge in [-0.2, -0.15) is 13.2 Å². The molecule has 2 unspecified atom stereocenters. The fraction of sp³-hybridized carbons (Fsp3) is 0.348. The molecule has 0 radical (unpaired) electrons. The quantitative estimate of drug-likeness (QED) is 0.334. The number of nitrogens with zero attached hydrogens (tertiary/aromatic N) is 3. The molecule has 0 bridgehead atoms. The summed E-state index contributed by atoms with van der Waals surface area (Å²) in [6, 6.07) is 12.1. The number of hydrogen-bond acceptors (Lipinski definition) is 5. The van der Waals surface area contributed by atoms with Gasteiger partial charge in [0.2, 0.25) is 5.91 Å². The zero-order valence-electron chi connectivity index (χ0n) is 19.6. The lowest BCUT2D eigenvalue weighted by Crippen LogP contribution is -2.41. The predicted octanol–water partition coefficient (Wildman–Crippen LogP) is 4.10. The van der Waals surface area contributed by atoms with Gasteiger partial charge in [0.25, 0.3) is 0 Å². The summed E-state index contributed by atoms with van der Waals surface area (Å²) in [6.07, 6.45) is -5.75. The van der Waals surface area contributed by atoms with Crippen molar-refractivity contribution in [2.75, 3.05) is 12.3 Å². The molecule has 200 valence electrons. The molecule has 2 aromatic carbocycles. The van der Waals surface area contributed by atoms with E-state index in [0.717, 1.165) is 9.25 Å². The summed E-state index contributed by atoms with van der Waals surface area (Å²) in [4.78, 5) is 25.9. The second-order valence-electron chi connectivity index (χ2n) is 7.91. The van der Waals surface area contributed by atoms with Gasteiger partial charge in [0.05, 0.1) is 19.0 Å². The number of alkyl halides is 3. The lowest BCUT2D eigenvalue weighted by molar-refractivity contribution is -0.136. The topological polar surface area (TPSA) is 104 Å². The summed E-state index contributed by atoms with van der Waals surface area (Å²) in [6.45, 7) is 0.583. The summed E-state index contributed by atoms with van der Waals surface area (Å²) < 4.78 is 55.1. The normalized spacial score (nSPS) is 13.4. The van der Waals surface area contributed by atoms with Crippen molar-refractivity contribution in [2.24, 2.45) is 0 Å². The van der Waals surface area contributed by atoms with Crippen LogP contribution < -0.4 is 15.7 Å². The lowest BCUT2D eigenvalue weighted by atomic mass is 10.1. The third-order valence-electron chi connectivity index (χ3n) is 5.26. The molecule has 1 amide bonds. The molecular formula is C23H24Cl2F3N5O3S. The number of aromatic nitrogens is 3. The van der Waals surface area contributed by atoms with E-state index in [0.29, 0.717) is 26.9 Å². The third-order valence-corrected chi connectivity index (χ3v) is 6.87. The van der Waals surface area contributed by atoms with Crippen LogP contribution >= 0.6 is 23.2 Å². The molecular weight excluding hydrogens is 554 g/mol. The molecule has 37 heavy (non-hydrogen) atoms. The first-order valence-electron chi connectivity index (χ1n) is 11.1. The molecule has 8 nitrogen and oxygen atoms in total. The number of rotatable bonds is 11. The summed E-state index contributed by atoms with van der Waals surface area (Å²) in [7, 11) is 0. The van der Waals surface area contributed by atoms with Crippen LogP contribution in [0.3, 0.4) is 0 Å². The monoisotopic (exact) mass is 577 g/mol. The molecule has 3 rings (SSSR count). The fourth-order valence-electron chi connectivity index (χ4n) is 3.45. The summed E-state index contributed by atoms with van der Waals surface area (Å²) in [5, 5.41) is 7.64. The highest BCUT2D eigenvalue weighted by Crippen LogP contribution is 2.24. The van der Waals surface area contributed by atoms with Gasteiger partial charge in [0.15, 0.2) is 5.82 Å².